The number of fused-ring (bicyclic) bond motifs is 1. The zero-order valence-corrected chi connectivity index (χ0v) is 15.7. The molecule has 27 heavy (non-hydrogen) atoms. The molecule has 1 fully saturated rings. The first-order valence-corrected chi connectivity index (χ1v) is 9.44. The number of hydrogen-bond donors (Lipinski definition) is 1. The van der Waals surface area contributed by atoms with Crippen molar-refractivity contribution in [3.8, 4) is 0 Å². The largest absolute Gasteiger partial charge is 0.336 e. The summed E-state index contributed by atoms with van der Waals surface area (Å²) >= 11 is 0. The molecule has 3 aromatic rings. The lowest BCUT2D eigenvalue weighted by molar-refractivity contribution is 0.0789. The standard InChI is InChI=1S/C21H25N5O/c1-14(2)11-26-20-16(10-24-26)8-17(9-23-20)21(27)25-12-18(19(22)13-25)15-6-4-3-5-7-15/h3-10,14,18-19H,11-13,22H2,1-2H3/t18-,19+/m0/s1. The van der Waals surface area contributed by atoms with Crippen LogP contribution in [0.25, 0.3) is 11.0 Å². The highest BCUT2D eigenvalue weighted by Gasteiger charge is 2.34. The summed E-state index contributed by atoms with van der Waals surface area (Å²) in [6, 6.07) is 12.0. The number of amides is 1. The van der Waals surface area contributed by atoms with Crippen molar-refractivity contribution in [2.75, 3.05) is 13.1 Å². The Morgan fingerprint density at radius 1 is 1.22 bits per heavy atom. The number of likely N-dealkylation sites (tertiary alicyclic amines) is 1. The van der Waals surface area contributed by atoms with E-state index < -0.39 is 0 Å². The van der Waals surface area contributed by atoms with E-state index in [-0.39, 0.29) is 17.9 Å². The molecule has 6 heteroatoms. The number of hydrogen-bond acceptors (Lipinski definition) is 4. The molecule has 6 nitrogen and oxygen atoms in total. The number of nitrogens with two attached hydrogens (primary N) is 1. The van der Waals surface area contributed by atoms with E-state index in [1.807, 2.05) is 33.8 Å². The zero-order chi connectivity index (χ0) is 19.0. The van der Waals surface area contributed by atoms with Gasteiger partial charge in [0, 0.05) is 43.2 Å². The van der Waals surface area contributed by atoms with Crippen molar-refractivity contribution < 1.29 is 4.79 Å². The molecular formula is C21H25N5O. The molecule has 3 heterocycles. The van der Waals surface area contributed by atoms with Crippen LogP contribution in [0.4, 0.5) is 0 Å². The van der Waals surface area contributed by atoms with Crippen LogP contribution in [-0.4, -0.2) is 44.7 Å². The Bertz CT molecular complexity index is 950. The number of aromatic nitrogens is 3. The summed E-state index contributed by atoms with van der Waals surface area (Å²) < 4.78 is 1.89. The Morgan fingerprint density at radius 2 is 2.00 bits per heavy atom. The maximum absolute atomic E-state index is 13.0. The molecule has 1 aliphatic rings. The molecule has 0 radical (unpaired) electrons. The monoisotopic (exact) mass is 363 g/mol. The molecule has 140 valence electrons. The Balaban J connectivity index is 1.54. The van der Waals surface area contributed by atoms with Gasteiger partial charge in [-0.2, -0.15) is 5.10 Å². The Morgan fingerprint density at radius 3 is 2.74 bits per heavy atom. The Hall–Kier alpha value is -2.73. The van der Waals surface area contributed by atoms with E-state index in [2.05, 4.69) is 36.1 Å². The van der Waals surface area contributed by atoms with Crippen LogP contribution in [0.2, 0.25) is 0 Å². The third-order valence-corrected chi connectivity index (χ3v) is 5.14. The molecule has 0 unspecified atom stereocenters. The fraction of sp³-hybridized carbons (Fsp3) is 0.381. The van der Waals surface area contributed by atoms with Gasteiger partial charge in [-0.05, 0) is 17.5 Å². The zero-order valence-electron chi connectivity index (χ0n) is 15.7. The van der Waals surface area contributed by atoms with Gasteiger partial charge in [-0.15, -0.1) is 0 Å². The summed E-state index contributed by atoms with van der Waals surface area (Å²) in [5, 5.41) is 5.30. The summed E-state index contributed by atoms with van der Waals surface area (Å²) in [4.78, 5) is 19.3. The van der Waals surface area contributed by atoms with Crippen LogP contribution in [0.5, 0.6) is 0 Å². The lowest BCUT2D eigenvalue weighted by Gasteiger charge is -2.16. The number of rotatable bonds is 4. The molecule has 2 N–H and O–H groups in total. The van der Waals surface area contributed by atoms with Gasteiger partial charge in [0.2, 0.25) is 0 Å². The second-order valence-corrected chi connectivity index (χ2v) is 7.75. The number of carbonyl (C=O) groups excluding carboxylic acids is 1. The van der Waals surface area contributed by atoms with E-state index in [4.69, 9.17) is 5.73 Å². The molecule has 1 aliphatic heterocycles. The molecule has 0 aliphatic carbocycles. The van der Waals surface area contributed by atoms with Crippen LogP contribution in [-0.2, 0) is 6.54 Å². The van der Waals surface area contributed by atoms with E-state index in [1.165, 1.54) is 5.56 Å². The minimum atomic E-state index is -0.0539. The van der Waals surface area contributed by atoms with Gasteiger partial charge in [0.1, 0.15) is 0 Å². The van der Waals surface area contributed by atoms with E-state index in [1.54, 1.807) is 12.4 Å². The molecule has 2 aromatic heterocycles. The van der Waals surface area contributed by atoms with Gasteiger partial charge in [-0.25, -0.2) is 9.67 Å². The van der Waals surface area contributed by atoms with Crippen molar-refractivity contribution in [1.82, 2.24) is 19.7 Å². The van der Waals surface area contributed by atoms with Crippen molar-refractivity contribution in [2.24, 2.45) is 11.7 Å². The molecule has 2 atom stereocenters. The molecule has 1 saturated heterocycles. The number of benzene rings is 1. The first kappa shape index (κ1) is 17.7. The lowest BCUT2D eigenvalue weighted by atomic mass is 9.95. The minimum absolute atomic E-state index is 0.0186. The van der Waals surface area contributed by atoms with Gasteiger partial charge in [-0.1, -0.05) is 44.2 Å². The second-order valence-electron chi connectivity index (χ2n) is 7.75. The maximum Gasteiger partial charge on any atom is 0.255 e. The Labute approximate surface area is 159 Å². The SMILES string of the molecule is CC(C)Cn1ncc2cc(C(=O)N3C[C@@H](N)[C@H](c4ccccc4)C3)cnc21. The average molecular weight is 363 g/mol. The molecule has 4 rings (SSSR count). The van der Waals surface area contributed by atoms with Crippen molar-refractivity contribution >= 4 is 16.9 Å². The summed E-state index contributed by atoms with van der Waals surface area (Å²) in [6.07, 6.45) is 3.44. The molecular weight excluding hydrogens is 338 g/mol. The van der Waals surface area contributed by atoms with E-state index in [0.29, 0.717) is 24.6 Å². The number of pyridine rings is 1. The molecule has 0 bridgehead atoms. The molecule has 0 spiro atoms. The van der Waals surface area contributed by atoms with Crippen LogP contribution in [0.3, 0.4) is 0 Å². The Kier molecular flexibility index (Phi) is 4.66. The van der Waals surface area contributed by atoms with Gasteiger partial charge >= 0.3 is 0 Å². The van der Waals surface area contributed by atoms with E-state index >= 15 is 0 Å². The molecule has 1 amide bonds. The minimum Gasteiger partial charge on any atom is -0.336 e. The highest BCUT2D eigenvalue weighted by molar-refractivity contribution is 5.97. The van der Waals surface area contributed by atoms with E-state index in [0.717, 1.165) is 17.6 Å². The van der Waals surface area contributed by atoms with Gasteiger partial charge in [0.15, 0.2) is 5.65 Å². The quantitative estimate of drug-likeness (QED) is 0.773. The second kappa shape index (κ2) is 7.12. The number of nitrogens with zero attached hydrogens (tertiary/aromatic N) is 4. The maximum atomic E-state index is 13.0. The third-order valence-electron chi connectivity index (χ3n) is 5.14. The molecule has 0 saturated carbocycles. The lowest BCUT2D eigenvalue weighted by Crippen LogP contribution is -2.32. The van der Waals surface area contributed by atoms with Crippen LogP contribution in [0.15, 0.2) is 48.8 Å². The number of carbonyl (C=O) groups is 1. The summed E-state index contributed by atoms with van der Waals surface area (Å²) in [5.74, 6) is 0.632. The predicted molar refractivity (Wildman–Crippen MR) is 105 cm³/mol. The highest BCUT2D eigenvalue weighted by Crippen LogP contribution is 2.27. The van der Waals surface area contributed by atoms with Gasteiger partial charge < -0.3 is 10.6 Å². The van der Waals surface area contributed by atoms with Crippen molar-refractivity contribution in [3.63, 3.8) is 0 Å². The normalized spacial score (nSPS) is 19.9. The van der Waals surface area contributed by atoms with Crippen LogP contribution < -0.4 is 5.73 Å². The predicted octanol–water partition coefficient (Wildman–Crippen LogP) is 2.65. The summed E-state index contributed by atoms with van der Waals surface area (Å²) in [5.41, 5.74) is 8.93. The molecule has 1 aromatic carbocycles. The highest BCUT2D eigenvalue weighted by atomic mass is 16.2. The first-order chi connectivity index (χ1) is 13.0. The fourth-order valence-corrected chi connectivity index (χ4v) is 3.80. The topological polar surface area (TPSA) is 77.0 Å². The summed E-state index contributed by atoms with van der Waals surface area (Å²) in [6.45, 7) is 6.29. The van der Waals surface area contributed by atoms with Gasteiger partial charge in [0.25, 0.3) is 5.91 Å². The van der Waals surface area contributed by atoms with E-state index in [9.17, 15) is 4.79 Å². The van der Waals surface area contributed by atoms with Crippen molar-refractivity contribution in [2.45, 2.75) is 32.4 Å². The summed E-state index contributed by atoms with van der Waals surface area (Å²) in [7, 11) is 0. The third kappa shape index (κ3) is 3.45. The van der Waals surface area contributed by atoms with Crippen LogP contribution >= 0.6 is 0 Å². The van der Waals surface area contributed by atoms with Crippen molar-refractivity contribution in [1.29, 1.82) is 0 Å². The fourth-order valence-electron chi connectivity index (χ4n) is 3.80. The van der Waals surface area contributed by atoms with Crippen LogP contribution in [0, 0.1) is 5.92 Å². The smallest absolute Gasteiger partial charge is 0.255 e. The van der Waals surface area contributed by atoms with Gasteiger partial charge in [0.05, 0.1) is 11.8 Å². The van der Waals surface area contributed by atoms with Gasteiger partial charge in [-0.3, -0.25) is 4.79 Å². The first-order valence-electron chi connectivity index (χ1n) is 9.44. The van der Waals surface area contributed by atoms with Crippen LogP contribution in [0.1, 0.15) is 35.7 Å². The van der Waals surface area contributed by atoms with Crippen molar-refractivity contribution in [3.05, 3.63) is 59.9 Å². The average Bonchev–Trinajstić information content (AvgIpc) is 3.25.